The lowest BCUT2D eigenvalue weighted by atomic mass is 9.73. The molecule has 236 valence electrons. The summed E-state index contributed by atoms with van der Waals surface area (Å²) in [5.41, 5.74) is 2.97. The molecule has 6 heterocycles. The minimum absolute atomic E-state index is 0.0904. The maximum Gasteiger partial charge on any atom is 0.351 e. The number of pyridine rings is 2. The summed E-state index contributed by atoms with van der Waals surface area (Å²) in [6, 6.07) is 13.7. The van der Waals surface area contributed by atoms with Crippen LogP contribution in [0.1, 0.15) is 55.7 Å². The van der Waals surface area contributed by atoms with E-state index in [0.29, 0.717) is 44.5 Å². The van der Waals surface area contributed by atoms with Crippen molar-refractivity contribution in [1.29, 1.82) is 0 Å². The van der Waals surface area contributed by atoms with Gasteiger partial charge in [0.15, 0.2) is 5.82 Å². The maximum absolute atomic E-state index is 15.4. The Balaban J connectivity index is 1.07. The normalized spacial score (nSPS) is 16.6. The van der Waals surface area contributed by atoms with Gasteiger partial charge in [0.25, 0.3) is 11.8 Å². The fraction of sp³-hybridized carbons (Fsp3) is 0.324. The van der Waals surface area contributed by atoms with Crippen molar-refractivity contribution >= 4 is 46.3 Å². The summed E-state index contributed by atoms with van der Waals surface area (Å²) in [5, 5.41) is 2.94. The van der Waals surface area contributed by atoms with E-state index in [4.69, 9.17) is 9.47 Å². The molecule has 1 spiro atoms. The van der Waals surface area contributed by atoms with Gasteiger partial charge in [-0.3, -0.25) is 14.6 Å². The minimum atomic E-state index is -0.709. The van der Waals surface area contributed by atoms with Crippen LogP contribution in [0.3, 0.4) is 0 Å². The Kier molecular flexibility index (Phi) is 7.99. The first-order chi connectivity index (χ1) is 22.4. The predicted molar refractivity (Wildman–Crippen MR) is 172 cm³/mol. The van der Waals surface area contributed by atoms with E-state index in [9.17, 15) is 14.4 Å². The Labute approximate surface area is 269 Å². The highest BCUT2D eigenvalue weighted by molar-refractivity contribution is 7.17. The van der Waals surface area contributed by atoms with Crippen molar-refractivity contribution in [1.82, 2.24) is 9.97 Å². The molecule has 2 amide bonds. The third-order valence-electron chi connectivity index (χ3n) is 8.85. The molecule has 3 aliphatic rings. The number of thiophene rings is 1. The number of rotatable bonds is 6. The number of carbonyl (C=O) groups excluding carboxylic acids is 3. The molecule has 0 bridgehead atoms. The van der Waals surface area contributed by atoms with Gasteiger partial charge in [-0.25, -0.2) is 14.2 Å². The molecule has 1 N–H and O–H groups in total. The largest absolute Gasteiger partial charge is 0.462 e. The fourth-order valence-electron chi connectivity index (χ4n) is 6.44. The van der Waals surface area contributed by atoms with Crippen LogP contribution in [0.15, 0.2) is 60.9 Å². The summed E-state index contributed by atoms with van der Waals surface area (Å²) >= 11 is 0.992. The number of aromatic nitrogens is 2. The standard InChI is InChI=1S/C34H32FN5O5S/c1-2-45-33(43)29-26(35)23-11-16-40(25-6-4-14-36-27(25)28(23)46-29)32(42)21-7-9-22(10-8-21)38-31(41)24-5-3-15-37-30(24)39-19-34(20-39)12-17-44-18-13-34/h3-10,14-15H,2,11-13,16-20H2,1H3,(H,38,41). The van der Waals surface area contributed by atoms with E-state index in [0.717, 1.165) is 50.5 Å². The van der Waals surface area contributed by atoms with Gasteiger partial charge in [-0.15, -0.1) is 11.3 Å². The lowest BCUT2D eigenvalue weighted by molar-refractivity contribution is -0.000511. The number of esters is 1. The van der Waals surface area contributed by atoms with E-state index in [2.05, 4.69) is 20.2 Å². The van der Waals surface area contributed by atoms with Gasteiger partial charge in [-0.05, 0) is 74.7 Å². The van der Waals surface area contributed by atoms with E-state index in [-0.39, 0.29) is 41.7 Å². The predicted octanol–water partition coefficient (Wildman–Crippen LogP) is 5.59. The molecular weight excluding hydrogens is 609 g/mol. The van der Waals surface area contributed by atoms with E-state index < -0.39 is 11.8 Å². The highest BCUT2D eigenvalue weighted by Gasteiger charge is 2.45. The number of fused-ring (bicyclic) bond motifs is 3. The van der Waals surface area contributed by atoms with Crippen LogP contribution in [-0.4, -0.2) is 67.2 Å². The van der Waals surface area contributed by atoms with Crippen LogP contribution in [0, 0.1) is 11.2 Å². The van der Waals surface area contributed by atoms with Gasteiger partial charge < -0.3 is 24.6 Å². The van der Waals surface area contributed by atoms with Crippen molar-refractivity contribution in [3.63, 3.8) is 0 Å². The Hall–Kier alpha value is -4.68. The molecule has 46 heavy (non-hydrogen) atoms. The van der Waals surface area contributed by atoms with E-state index in [1.165, 1.54) is 0 Å². The molecule has 10 nitrogen and oxygen atoms in total. The number of ether oxygens (including phenoxy) is 2. The molecule has 3 aromatic heterocycles. The number of halogens is 1. The molecule has 0 radical (unpaired) electrons. The average Bonchev–Trinajstić information content (AvgIpc) is 3.30. The highest BCUT2D eigenvalue weighted by atomic mass is 32.1. The van der Waals surface area contributed by atoms with Crippen LogP contribution in [0.5, 0.6) is 0 Å². The summed E-state index contributed by atoms with van der Waals surface area (Å²) in [6.07, 6.45) is 5.52. The van der Waals surface area contributed by atoms with E-state index in [1.54, 1.807) is 72.7 Å². The SMILES string of the molecule is CCOC(=O)c1sc2c(c1F)CCN(C(=O)c1ccc(NC(=O)c3cccnc3N3CC4(CCOCC4)C3)cc1)c1cccnc1-2. The zero-order valence-corrected chi connectivity index (χ0v) is 26.1. The smallest absolute Gasteiger partial charge is 0.351 e. The van der Waals surface area contributed by atoms with Gasteiger partial charge in [0.2, 0.25) is 0 Å². The zero-order valence-electron chi connectivity index (χ0n) is 25.3. The molecule has 1 aromatic carbocycles. The number of hydrogen-bond acceptors (Lipinski definition) is 9. The molecule has 3 aliphatic heterocycles. The van der Waals surface area contributed by atoms with Crippen LogP contribution in [0.4, 0.5) is 21.6 Å². The highest BCUT2D eigenvalue weighted by Crippen LogP contribution is 2.44. The Bertz CT molecular complexity index is 1810. The second-order valence-corrected chi connectivity index (χ2v) is 12.7. The third kappa shape index (κ3) is 5.41. The second-order valence-electron chi connectivity index (χ2n) is 11.7. The molecule has 0 atom stereocenters. The Morgan fingerprint density at radius 3 is 2.54 bits per heavy atom. The zero-order chi connectivity index (χ0) is 31.8. The molecule has 2 saturated heterocycles. The Morgan fingerprint density at radius 1 is 1.04 bits per heavy atom. The van der Waals surface area contributed by atoms with E-state index >= 15 is 4.39 Å². The minimum Gasteiger partial charge on any atom is -0.462 e. The molecule has 0 aliphatic carbocycles. The summed E-state index contributed by atoms with van der Waals surface area (Å²) in [7, 11) is 0. The lowest BCUT2D eigenvalue weighted by Gasteiger charge is -2.53. The fourth-order valence-corrected chi connectivity index (χ4v) is 7.57. The van der Waals surface area contributed by atoms with Crippen LogP contribution in [-0.2, 0) is 15.9 Å². The van der Waals surface area contributed by atoms with Crippen molar-refractivity contribution < 1.29 is 28.2 Å². The summed E-state index contributed by atoms with van der Waals surface area (Å²) in [5.74, 6) is -1.24. The van der Waals surface area contributed by atoms with Gasteiger partial charge in [0.1, 0.15) is 16.4 Å². The first kappa shape index (κ1) is 30.0. The van der Waals surface area contributed by atoms with Gasteiger partial charge in [-0.2, -0.15) is 0 Å². The molecule has 2 fully saturated rings. The number of nitrogens with zero attached hydrogens (tertiary/aromatic N) is 4. The van der Waals surface area contributed by atoms with Crippen molar-refractivity contribution in [3.05, 3.63) is 88.3 Å². The number of carbonyl (C=O) groups is 3. The maximum atomic E-state index is 15.4. The second kappa shape index (κ2) is 12.3. The third-order valence-corrected chi connectivity index (χ3v) is 10.0. The van der Waals surface area contributed by atoms with Crippen LogP contribution >= 0.6 is 11.3 Å². The number of hydrogen-bond donors (Lipinski definition) is 1. The van der Waals surface area contributed by atoms with Crippen molar-refractivity contribution in [2.75, 3.05) is 54.6 Å². The first-order valence-electron chi connectivity index (χ1n) is 15.3. The summed E-state index contributed by atoms with van der Waals surface area (Å²) < 4.78 is 26.0. The van der Waals surface area contributed by atoms with Crippen LogP contribution in [0.25, 0.3) is 10.6 Å². The molecule has 4 aromatic rings. The van der Waals surface area contributed by atoms with E-state index in [1.807, 2.05) is 0 Å². The monoisotopic (exact) mass is 641 g/mol. The van der Waals surface area contributed by atoms with Crippen molar-refractivity contribution in [2.24, 2.45) is 5.41 Å². The number of nitrogens with one attached hydrogen (secondary N) is 1. The van der Waals surface area contributed by atoms with Crippen molar-refractivity contribution in [2.45, 2.75) is 26.2 Å². The summed E-state index contributed by atoms with van der Waals surface area (Å²) in [6.45, 7) is 5.25. The van der Waals surface area contributed by atoms with Gasteiger partial charge in [0, 0.05) is 67.5 Å². The van der Waals surface area contributed by atoms with Crippen LogP contribution in [0.2, 0.25) is 0 Å². The quantitative estimate of drug-likeness (QED) is 0.271. The number of benzene rings is 1. The number of anilines is 3. The lowest BCUT2D eigenvalue weighted by Crippen LogP contribution is -2.59. The van der Waals surface area contributed by atoms with Gasteiger partial charge in [0.05, 0.1) is 22.7 Å². The first-order valence-corrected chi connectivity index (χ1v) is 16.1. The van der Waals surface area contributed by atoms with Gasteiger partial charge in [-0.1, -0.05) is 0 Å². The molecule has 0 saturated carbocycles. The topological polar surface area (TPSA) is 114 Å². The molecular formula is C34H32FN5O5S. The molecule has 7 rings (SSSR count). The molecule has 12 heteroatoms. The number of amides is 2. The average molecular weight is 642 g/mol. The summed E-state index contributed by atoms with van der Waals surface area (Å²) in [4.78, 5) is 52.7. The van der Waals surface area contributed by atoms with Crippen LogP contribution < -0.4 is 15.1 Å². The van der Waals surface area contributed by atoms with Gasteiger partial charge >= 0.3 is 5.97 Å². The molecule has 0 unspecified atom stereocenters. The Morgan fingerprint density at radius 2 is 1.78 bits per heavy atom. The van der Waals surface area contributed by atoms with Crippen molar-refractivity contribution in [3.8, 4) is 10.6 Å².